The normalized spacial score (nSPS) is 15.5. The van der Waals surface area contributed by atoms with Crippen molar-refractivity contribution in [1.29, 1.82) is 5.26 Å². The zero-order valence-electron chi connectivity index (χ0n) is 11.6. The second-order valence-electron chi connectivity index (χ2n) is 5.07. The fourth-order valence-electron chi connectivity index (χ4n) is 2.16. The highest BCUT2D eigenvalue weighted by atomic mass is 16.5. The molecule has 0 saturated carbocycles. The summed E-state index contributed by atoms with van der Waals surface area (Å²) in [5.41, 5.74) is 0.734. The van der Waals surface area contributed by atoms with Gasteiger partial charge in [-0.1, -0.05) is 6.92 Å². The second kappa shape index (κ2) is 6.80. The fourth-order valence-corrected chi connectivity index (χ4v) is 2.16. The van der Waals surface area contributed by atoms with E-state index in [0.29, 0.717) is 11.7 Å². The van der Waals surface area contributed by atoms with Gasteiger partial charge in [0.05, 0.1) is 0 Å². The summed E-state index contributed by atoms with van der Waals surface area (Å²) in [5.74, 6) is 1.33. The lowest BCUT2D eigenvalue weighted by molar-refractivity contribution is 0.186. The third-order valence-electron chi connectivity index (χ3n) is 3.48. The Balaban J connectivity index is 1.86. The van der Waals surface area contributed by atoms with Gasteiger partial charge in [-0.25, -0.2) is 4.79 Å². The number of likely N-dealkylation sites (tertiary alicyclic amines) is 1. The summed E-state index contributed by atoms with van der Waals surface area (Å²) < 4.78 is 5.16. The standard InChI is InChI=1S/C15H19N3O2/c1-12-6-9-18(10-7-12)15(19)17-13-2-4-14(5-3-13)20-11-8-16/h2-5,12H,6-7,9-11H2,1H3,(H,17,19). The Morgan fingerprint density at radius 2 is 2.05 bits per heavy atom. The van der Waals surface area contributed by atoms with Crippen LogP contribution in [0.3, 0.4) is 0 Å². The van der Waals surface area contributed by atoms with E-state index in [-0.39, 0.29) is 12.6 Å². The quantitative estimate of drug-likeness (QED) is 0.921. The Bertz CT molecular complexity index is 485. The van der Waals surface area contributed by atoms with Crippen molar-refractivity contribution in [2.24, 2.45) is 5.92 Å². The van der Waals surface area contributed by atoms with Crippen LogP contribution in [0.4, 0.5) is 10.5 Å². The van der Waals surface area contributed by atoms with Crippen molar-refractivity contribution in [3.63, 3.8) is 0 Å². The molecule has 20 heavy (non-hydrogen) atoms. The first-order chi connectivity index (χ1) is 9.69. The smallest absolute Gasteiger partial charge is 0.321 e. The summed E-state index contributed by atoms with van der Waals surface area (Å²) in [5, 5.41) is 11.3. The summed E-state index contributed by atoms with van der Waals surface area (Å²) in [7, 11) is 0. The van der Waals surface area contributed by atoms with Crippen LogP contribution in [0.5, 0.6) is 5.75 Å². The van der Waals surface area contributed by atoms with Gasteiger partial charge in [-0.2, -0.15) is 5.26 Å². The number of rotatable bonds is 3. The molecule has 1 N–H and O–H groups in total. The first-order valence-electron chi connectivity index (χ1n) is 6.85. The Morgan fingerprint density at radius 3 is 2.65 bits per heavy atom. The van der Waals surface area contributed by atoms with Crippen molar-refractivity contribution >= 4 is 11.7 Å². The minimum atomic E-state index is -0.0532. The van der Waals surface area contributed by atoms with Crippen molar-refractivity contribution in [2.75, 3.05) is 25.0 Å². The Morgan fingerprint density at radius 1 is 1.40 bits per heavy atom. The first-order valence-corrected chi connectivity index (χ1v) is 6.85. The summed E-state index contributed by atoms with van der Waals surface area (Å²) in [4.78, 5) is 13.9. The molecule has 0 bridgehead atoms. The molecular weight excluding hydrogens is 254 g/mol. The van der Waals surface area contributed by atoms with E-state index in [1.807, 2.05) is 11.0 Å². The van der Waals surface area contributed by atoms with E-state index in [0.717, 1.165) is 31.6 Å². The Hall–Kier alpha value is -2.22. The van der Waals surface area contributed by atoms with Crippen LogP contribution in [-0.4, -0.2) is 30.6 Å². The average molecular weight is 273 g/mol. The van der Waals surface area contributed by atoms with E-state index in [1.54, 1.807) is 24.3 Å². The van der Waals surface area contributed by atoms with Crippen molar-refractivity contribution in [3.8, 4) is 11.8 Å². The number of urea groups is 1. The molecule has 0 atom stereocenters. The molecule has 5 heteroatoms. The molecule has 1 aromatic carbocycles. The van der Waals surface area contributed by atoms with E-state index in [2.05, 4.69) is 12.2 Å². The largest absolute Gasteiger partial charge is 0.479 e. The van der Waals surface area contributed by atoms with Crippen LogP contribution < -0.4 is 10.1 Å². The lowest BCUT2D eigenvalue weighted by Crippen LogP contribution is -2.40. The van der Waals surface area contributed by atoms with Crippen LogP contribution in [0.15, 0.2) is 24.3 Å². The molecule has 1 saturated heterocycles. The highest BCUT2D eigenvalue weighted by Crippen LogP contribution is 2.19. The van der Waals surface area contributed by atoms with Gasteiger partial charge in [-0.15, -0.1) is 0 Å². The minimum Gasteiger partial charge on any atom is -0.479 e. The van der Waals surface area contributed by atoms with Gasteiger partial charge < -0.3 is 15.0 Å². The van der Waals surface area contributed by atoms with E-state index in [9.17, 15) is 4.79 Å². The molecule has 106 valence electrons. The summed E-state index contributed by atoms with van der Waals surface area (Å²) in [6.45, 7) is 3.87. The summed E-state index contributed by atoms with van der Waals surface area (Å²) >= 11 is 0. The van der Waals surface area contributed by atoms with Gasteiger partial charge in [0.2, 0.25) is 0 Å². The lowest BCUT2D eigenvalue weighted by atomic mass is 10.00. The number of carbonyl (C=O) groups is 1. The monoisotopic (exact) mass is 273 g/mol. The maximum absolute atomic E-state index is 12.1. The van der Waals surface area contributed by atoms with Gasteiger partial charge in [0.25, 0.3) is 0 Å². The van der Waals surface area contributed by atoms with Crippen molar-refractivity contribution in [1.82, 2.24) is 4.90 Å². The van der Waals surface area contributed by atoms with Crippen LogP contribution in [-0.2, 0) is 0 Å². The molecule has 0 aliphatic carbocycles. The molecule has 2 amide bonds. The summed E-state index contributed by atoms with van der Waals surface area (Å²) in [6, 6.07) is 8.89. The predicted molar refractivity (Wildman–Crippen MR) is 76.5 cm³/mol. The van der Waals surface area contributed by atoms with E-state index in [4.69, 9.17) is 10.00 Å². The number of hydrogen-bond donors (Lipinski definition) is 1. The highest BCUT2D eigenvalue weighted by Gasteiger charge is 2.20. The fraction of sp³-hybridized carbons (Fsp3) is 0.467. The number of amides is 2. The van der Waals surface area contributed by atoms with Gasteiger partial charge in [0.1, 0.15) is 11.8 Å². The SMILES string of the molecule is CC1CCN(C(=O)Nc2ccc(OCC#N)cc2)CC1. The molecule has 2 rings (SSSR count). The molecule has 0 radical (unpaired) electrons. The molecule has 1 aliphatic rings. The van der Waals surface area contributed by atoms with Gasteiger partial charge in [0, 0.05) is 18.8 Å². The van der Waals surface area contributed by atoms with E-state index < -0.39 is 0 Å². The molecular formula is C15H19N3O2. The number of benzene rings is 1. The lowest BCUT2D eigenvalue weighted by Gasteiger charge is -2.30. The molecule has 1 aliphatic heterocycles. The van der Waals surface area contributed by atoms with Gasteiger partial charge in [0.15, 0.2) is 6.61 Å². The molecule has 0 spiro atoms. The number of hydrogen-bond acceptors (Lipinski definition) is 3. The molecule has 0 unspecified atom stereocenters. The van der Waals surface area contributed by atoms with Crippen LogP contribution in [0, 0.1) is 17.2 Å². The molecule has 1 aromatic rings. The molecule has 1 heterocycles. The second-order valence-corrected chi connectivity index (χ2v) is 5.07. The van der Waals surface area contributed by atoms with Crippen LogP contribution in [0.1, 0.15) is 19.8 Å². The molecule has 0 aromatic heterocycles. The third kappa shape index (κ3) is 3.89. The predicted octanol–water partition coefficient (Wildman–Crippen LogP) is 2.85. The van der Waals surface area contributed by atoms with E-state index in [1.165, 1.54) is 0 Å². The van der Waals surface area contributed by atoms with Gasteiger partial charge in [-0.05, 0) is 43.0 Å². The van der Waals surface area contributed by atoms with Gasteiger partial charge in [-0.3, -0.25) is 0 Å². The topological polar surface area (TPSA) is 65.4 Å². The molecule has 5 nitrogen and oxygen atoms in total. The number of piperidine rings is 1. The van der Waals surface area contributed by atoms with Gasteiger partial charge >= 0.3 is 6.03 Å². The minimum absolute atomic E-state index is 0.0255. The highest BCUT2D eigenvalue weighted by molar-refractivity contribution is 5.89. The number of nitrogens with zero attached hydrogens (tertiary/aromatic N) is 2. The maximum Gasteiger partial charge on any atom is 0.321 e. The van der Waals surface area contributed by atoms with Crippen molar-refractivity contribution in [2.45, 2.75) is 19.8 Å². The van der Waals surface area contributed by atoms with Crippen molar-refractivity contribution in [3.05, 3.63) is 24.3 Å². The third-order valence-corrected chi connectivity index (χ3v) is 3.48. The zero-order chi connectivity index (χ0) is 14.4. The number of carbonyl (C=O) groups excluding carboxylic acids is 1. The van der Waals surface area contributed by atoms with E-state index >= 15 is 0 Å². The van der Waals surface area contributed by atoms with Crippen LogP contribution in [0.2, 0.25) is 0 Å². The number of nitrogens with one attached hydrogen (secondary N) is 1. The average Bonchev–Trinajstić information content (AvgIpc) is 2.47. The number of nitriles is 1. The zero-order valence-corrected chi connectivity index (χ0v) is 11.6. The van der Waals surface area contributed by atoms with Crippen LogP contribution >= 0.6 is 0 Å². The summed E-state index contributed by atoms with van der Waals surface area (Å²) in [6.07, 6.45) is 2.13. The number of ether oxygens (including phenoxy) is 1. The van der Waals surface area contributed by atoms with Crippen molar-refractivity contribution < 1.29 is 9.53 Å². The maximum atomic E-state index is 12.1. The Labute approximate surface area is 119 Å². The molecule has 1 fully saturated rings. The first kappa shape index (κ1) is 14.2. The number of anilines is 1. The van der Waals surface area contributed by atoms with Crippen LogP contribution in [0.25, 0.3) is 0 Å². The Kier molecular flexibility index (Phi) is 4.83.